The summed E-state index contributed by atoms with van der Waals surface area (Å²) >= 11 is 3.55. The molecule has 1 amide bonds. The molecule has 2 aromatic rings. The van der Waals surface area contributed by atoms with Gasteiger partial charge in [0.05, 0.1) is 21.3 Å². The number of nitrogens with zero attached hydrogens (tertiary/aromatic N) is 2. The average molecular weight is 477 g/mol. The molecule has 0 atom stereocenters. The Kier molecular flexibility index (Phi) is 7.99. The number of carbonyl (C=O) groups is 1. The molecule has 162 valence electrons. The predicted molar refractivity (Wildman–Crippen MR) is 120 cm³/mol. The number of hydrogen-bond donors (Lipinski definition) is 0. The molecule has 0 aromatic heterocycles. The lowest BCUT2D eigenvalue weighted by Gasteiger charge is -2.35. The molecule has 3 rings (SSSR count). The van der Waals surface area contributed by atoms with Crippen LogP contribution in [0.3, 0.4) is 0 Å². The third-order valence-corrected chi connectivity index (χ3v) is 6.24. The van der Waals surface area contributed by atoms with Gasteiger partial charge in [-0.1, -0.05) is 40.2 Å². The first-order valence-electron chi connectivity index (χ1n) is 10.1. The monoisotopic (exact) mass is 476 g/mol. The van der Waals surface area contributed by atoms with Crippen molar-refractivity contribution in [1.82, 2.24) is 9.80 Å². The second kappa shape index (κ2) is 10.7. The van der Waals surface area contributed by atoms with Crippen LogP contribution in [0.15, 0.2) is 40.9 Å². The molecule has 0 spiro atoms. The van der Waals surface area contributed by atoms with Gasteiger partial charge in [0.1, 0.15) is 0 Å². The maximum Gasteiger partial charge on any atom is 0.222 e. The van der Waals surface area contributed by atoms with Gasteiger partial charge < -0.3 is 19.1 Å². The standard InChI is InChI=1S/C23H29BrN2O4/c1-28-20-10-8-18(22(29-2)23(20)30-3)16-25-12-14-26(15-13-25)21(27)11-9-17-6-4-5-7-19(17)24/h4-8,10H,9,11-16H2,1-3H3. The summed E-state index contributed by atoms with van der Waals surface area (Å²) in [5.41, 5.74) is 2.22. The molecule has 2 aromatic carbocycles. The molecule has 6 nitrogen and oxygen atoms in total. The number of hydrogen-bond acceptors (Lipinski definition) is 5. The van der Waals surface area contributed by atoms with Crippen molar-refractivity contribution in [3.05, 3.63) is 52.0 Å². The minimum atomic E-state index is 0.217. The quantitative estimate of drug-likeness (QED) is 0.580. The maximum absolute atomic E-state index is 12.6. The SMILES string of the molecule is COc1ccc(CN2CCN(C(=O)CCc3ccccc3Br)CC2)c(OC)c1OC. The molecular formula is C23H29BrN2O4. The van der Waals surface area contributed by atoms with E-state index in [1.807, 2.05) is 35.2 Å². The topological polar surface area (TPSA) is 51.2 Å². The summed E-state index contributed by atoms with van der Waals surface area (Å²) in [6.07, 6.45) is 1.29. The van der Waals surface area contributed by atoms with Gasteiger partial charge in [-0.15, -0.1) is 0 Å². The Labute approximate surface area is 186 Å². The number of benzene rings is 2. The molecule has 1 fully saturated rings. The summed E-state index contributed by atoms with van der Waals surface area (Å²) in [6, 6.07) is 12.0. The smallest absolute Gasteiger partial charge is 0.222 e. The van der Waals surface area contributed by atoms with Crippen LogP contribution in [0.4, 0.5) is 0 Å². The normalized spacial score (nSPS) is 14.5. The number of ether oxygens (including phenoxy) is 3. The number of amides is 1. The van der Waals surface area contributed by atoms with E-state index in [2.05, 4.69) is 26.9 Å². The van der Waals surface area contributed by atoms with Crippen LogP contribution in [0, 0.1) is 0 Å². The number of rotatable bonds is 8. The molecule has 0 radical (unpaired) electrons. The zero-order chi connectivity index (χ0) is 21.5. The average Bonchev–Trinajstić information content (AvgIpc) is 2.78. The van der Waals surface area contributed by atoms with E-state index in [4.69, 9.17) is 14.2 Å². The number of aryl methyl sites for hydroxylation is 1. The minimum absolute atomic E-state index is 0.217. The highest BCUT2D eigenvalue weighted by Gasteiger charge is 2.23. The van der Waals surface area contributed by atoms with Gasteiger partial charge in [0.2, 0.25) is 11.7 Å². The van der Waals surface area contributed by atoms with Gasteiger partial charge in [0.15, 0.2) is 11.5 Å². The summed E-state index contributed by atoms with van der Waals surface area (Å²) < 4.78 is 17.5. The molecule has 1 aliphatic rings. The van der Waals surface area contributed by atoms with Crippen LogP contribution in [0.2, 0.25) is 0 Å². The highest BCUT2D eigenvalue weighted by Crippen LogP contribution is 2.40. The third kappa shape index (κ3) is 5.26. The van der Waals surface area contributed by atoms with Crippen molar-refractivity contribution in [2.75, 3.05) is 47.5 Å². The Hall–Kier alpha value is -2.25. The summed E-state index contributed by atoms with van der Waals surface area (Å²) in [5.74, 6) is 2.18. The highest BCUT2D eigenvalue weighted by atomic mass is 79.9. The van der Waals surface area contributed by atoms with Gasteiger partial charge in [-0.25, -0.2) is 0 Å². The molecule has 1 aliphatic heterocycles. The van der Waals surface area contributed by atoms with Crippen molar-refractivity contribution < 1.29 is 19.0 Å². The second-order valence-electron chi connectivity index (χ2n) is 7.24. The third-order valence-electron chi connectivity index (χ3n) is 5.47. The molecule has 30 heavy (non-hydrogen) atoms. The zero-order valence-corrected chi connectivity index (χ0v) is 19.4. The van der Waals surface area contributed by atoms with Crippen LogP contribution in [0.1, 0.15) is 17.5 Å². The lowest BCUT2D eigenvalue weighted by atomic mass is 10.1. The van der Waals surface area contributed by atoms with Crippen LogP contribution < -0.4 is 14.2 Å². The number of carbonyl (C=O) groups excluding carboxylic acids is 1. The molecule has 7 heteroatoms. The Morgan fingerprint density at radius 1 is 0.900 bits per heavy atom. The highest BCUT2D eigenvalue weighted by molar-refractivity contribution is 9.10. The van der Waals surface area contributed by atoms with Gasteiger partial charge in [0.25, 0.3) is 0 Å². The molecule has 1 heterocycles. The molecule has 1 saturated heterocycles. The maximum atomic E-state index is 12.6. The summed E-state index contributed by atoms with van der Waals surface area (Å²) in [5, 5.41) is 0. The lowest BCUT2D eigenvalue weighted by molar-refractivity contribution is -0.133. The zero-order valence-electron chi connectivity index (χ0n) is 17.8. The van der Waals surface area contributed by atoms with Crippen LogP contribution >= 0.6 is 15.9 Å². The van der Waals surface area contributed by atoms with Crippen molar-refractivity contribution >= 4 is 21.8 Å². The summed E-state index contributed by atoms with van der Waals surface area (Å²) in [7, 11) is 4.87. The fraction of sp³-hybridized carbons (Fsp3) is 0.435. The first kappa shape index (κ1) is 22.4. The first-order chi connectivity index (χ1) is 14.6. The van der Waals surface area contributed by atoms with E-state index >= 15 is 0 Å². The Morgan fingerprint density at radius 2 is 1.60 bits per heavy atom. The predicted octanol–water partition coefficient (Wildman–Crippen LogP) is 3.75. The van der Waals surface area contributed by atoms with Crippen molar-refractivity contribution in [3.63, 3.8) is 0 Å². The van der Waals surface area contributed by atoms with Crippen molar-refractivity contribution in [3.8, 4) is 17.2 Å². The van der Waals surface area contributed by atoms with E-state index in [9.17, 15) is 4.79 Å². The number of halogens is 1. The van der Waals surface area contributed by atoms with Crippen molar-refractivity contribution in [1.29, 1.82) is 0 Å². The number of methoxy groups -OCH3 is 3. The second-order valence-corrected chi connectivity index (χ2v) is 8.10. The minimum Gasteiger partial charge on any atom is -0.493 e. The molecule has 0 bridgehead atoms. The molecular weight excluding hydrogens is 448 g/mol. The van der Waals surface area contributed by atoms with Crippen molar-refractivity contribution in [2.24, 2.45) is 0 Å². The van der Waals surface area contributed by atoms with E-state index in [1.165, 1.54) is 5.56 Å². The molecule has 0 N–H and O–H groups in total. The largest absolute Gasteiger partial charge is 0.493 e. The van der Waals surface area contributed by atoms with E-state index < -0.39 is 0 Å². The molecule has 0 saturated carbocycles. The van der Waals surface area contributed by atoms with Crippen LogP contribution in [0.25, 0.3) is 0 Å². The molecule has 0 aliphatic carbocycles. The Bertz CT molecular complexity index is 866. The van der Waals surface area contributed by atoms with E-state index in [-0.39, 0.29) is 5.91 Å². The van der Waals surface area contributed by atoms with Crippen LogP contribution in [-0.2, 0) is 17.8 Å². The van der Waals surface area contributed by atoms with Crippen LogP contribution in [-0.4, -0.2) is 63.2 Å². The van der Waals surface area contributed by atoms with E-state index in [0.717, 1.165) is 49.2 Å². The lowest BCUT2D eigenvalue weighted by Crippen LogP contribution is -2.48. The van der Waals surface area contributed by atoms with Gasteiger partial charge in [-0.2, -0.15) is 0 Å². The summed E-state index contributed by atoms with van der Waals surface area (Å²) in [6.45, 7) is 3.88. The van der Waals surface area contributed by atoms with Gasteiger partial charge in [0, 0.05) is 49.2 Å². The van der Waals surface area contributed by atoms with Gasteiger partial charge in [-0.05, 0) is 24.1 Å². The molecule has 0 unspecified atom stereocenters. The summed E-state index contributed by atoms with van der Waals surface area (Å²) in [4.78, 5) is 16.9. The Morgan fingerprint density at radius 3 is 2.23 bits per heavy atom. The van der Waals surface area contributed by atoms with Gasteiger partial charge >= 0.3 is 0 Å². The fourth-order valence-corrected chi connectivity index (χ4v) is 4.27. The van der Waals surface area contributed by atoms with Gasteiger partial charge in [-0.3, -0.25) is 9.69 Å². The van der Waals surface area contributed by atoms with E-state index in [1.54, 1.807) is 21.3 Å². The van der Waals surface area contributed by atoms with Crippen molar-refractivity contribution in [2.45, 2.75) is 19.4 Å². The number of piperazine rings is 1. The van der Waals surface area contributed by atoms with E-state index in [0.29, 0.717) is 23.7 Å². The van der Waals surface area contributed by atoms with Crippen LogP contribution in [0.5, 0.6) is 17.2 Å². The fourth-order valence-electron chi connectivity index (χ4n) is 3.78. The Balaban J connectivity index is 1.54. The first-order valence-corrected chi connectivity index (χ1v) is 10.9.